The quantitative estimate of drug-likeness (QED) is 0.743. The Morgan fingerprint density at radius 1 is 1.50 bits per heavy atom. The van der Waals surface area contributed by atoms with E-state index in [2.05, 4.69) is 23.6 Å². The van der Waals surface area contributed by atoms with Gasteiger partial charge in [0.2, 0.25) is 0 Å². The molecular weight excluding hydrogens is 250 g/mol. The molecule has 0 aromatic carbocycles. The minimum atomic E-state index is -0.899. The van der Waals surface area contributed by atoms with E-state index in [1.54, 1.807) is 12.1 Å². The summed E-state index contributed by atoms with van der Waals surface area (Å²) in [5.74, 6) is 1.18. The molecule has 18 heavy (non-hydrogen) atoms. The second-order valence-electron chi connectivity index (χ2n) is 4.29. The largest absolute Gasteiger partial charge is 0.465 e. The van der Waals surface area contributed by atoms with E-state index in [0.717, 1.165) is 12.1 Å². The molecular formula is C13H19NO3S. The van der Waals surface area contributed by atoms with Crippen LogP contribution >= 0.6 is 0 Å². The predicted octanol–water partition coefficient (Wildman–Crippen LogP) is 2.16. The Labute approximate surface area is 110 Å². The van der Waals surface area contributed by atoms with Gasteiger partial charge in [-0.25, -0.2) is 4.79 Å². The lowest BCUT2D eigenvalue weighted by Gasteiger charge is -2.07. The molecule has 100 valence electrons. The van der Waals surface area contributed by atoms with Crippen molar-refractivity contribution in [2.45, 2.75) is 26.0 Å². The Bertz CT molecular complexity index is 417. The van der Waals surface area contributed by atoms with Crippen LogP contribution in [0.2, 0.25) is 0 Å². The van der Waals surface area contributed by atoms with Crippen LogP contribution in [-0.4, -0.2) is 28.0 Å². The smallest absolute Gasteiger partial charge is 0.339 e. The summed E-state index contributed by atoms with van der Waals surface area (Å²) in [4.78, 5) is 15.3. The second-order valence-corrected chi connectivity index (χ2v) is 5.80. The molecule has 2 atom stereocenters. The average Bonchev–Trinajstić information content (AvgIpc) is 2.38. The number of hydrogen-bond donors (Lipinski definition) is 0. The van der Waals surface area contributed by atoms with Crippen molar-refractivity contribution in [3.8, 4) is 0 Å². The number of pyridine rings is 1. The van der Waals surface area contributed by atoms with Gasteiger partial charge >= 0.3 is 5.97 Å². The van der Waals surface area contributed by atoms with Crippen LogP contribution in [0, 0.1) is 5.92 Å². The Hall–Kier alpha value is -1.23. The molecule has 0 aliphatic heterocycles. The third-order valence-electron chi connectivity index (χ3n) is 2.72. The number of methoxy groups -OCH3 is 1. The SMILES string of the molecule is CCC(C)CS(=O)Cc1ccc(C(=O)OC)cn1. The van der Waals surface area contributed by atoms with Gasteiger partial charge in [0, 0.05) is 22.7 Å². The van der Waals surface area contributed by atoms with E-state index >= 15 is 0 Å². The van der Waals surface area contributed by atoms with Crippen LogP contribution in [0.4, 0.5) is 0 Å². The molecule has 4 nitrogen and oxygen atoms in total. The first-order chi connectivity index (χ1) is 8.56. The van der Waals surface area contributed by atoms with Crippen LogP contribution in [-0.2, 0) is 21.3 Å². The van der Waals surface area contributed by atoms with Crippen molar-refractivity contribution in [2.24, 2.45) is 5.92 Å². The van der Waals surface area contributed by atoms with Crippen LogP contribution in [0.3, 0.4) is 0 Å². The van der Waals surface area contributed by atoms with E-state index in [1.807, 2.05) is 0 Å². The van der Waals surface area contributed by atoms with Crippen molar-refractivity contribution in [3.05, 3.63) is 29.6 Å². The van der Waals surface area contributed by atoms with E-state index in [0.29, 0.717) is 23.0 Å². The highest BCUT2D eigenvalue weighted by Crippen LogP contribution is 2.08. The standard InChI is InChI=1S/C13H19NO3S/c1-4-10(2)8-18(16)9-12-6-5-11(7-14-12)13(15)17-3/h5-7,10H,4,8-9H2,1-3H3. The number of rotatable bonds is 6. The Morgan fingerprint density at radius 2 is 2.22 bits per heavy atom. The number of carbonyl (C=O) groups excluding carboxylic acids is 1. The van der Waals surface area contributed by atoms with Gasteiger partial charge in [-0.1, -0.05) is 20.3 Å². The molecule has 0 saturated heterocycles. The summed E-state index contributed by atoms with van der Waals surface area (Å²) in [5, 5.41) is 0. The van der Waals surface area contributed by atoms with Crippen LogP contribution in [0.5, 0.6) is 0 Å². The van der Waals surface area contributed by atoms with Gasteiger partial charge in [0.05, 0.1) is 24.1 Å². The average molecular weight is 269 g/mol. The number of ether oxygens (including phenoxy) is 1. The minimum absolute atomic E-state index is 0.408. The molecule has 0 aliphatic rings. The number of esters is 1. The normalized spacial score (nSPS) is 13.9. The van der Waals surface area contributed by atoms with E-state index in [4.69, 9.17) is 0 Å². The molecule has 1 heterocycles. The fourth-order valence-corrected chi connectivity index (χ4v) is 2.90. The molecule has 0 bridgehead atoms. The molecule has 1 aromatic heterocycles. The Balaban J connectivity index is 2.58. The third-order valence-corrected chi connectivity index (χ3v) is 4.28. The lowest BCUT2D eigenvalue weighted by atomic mass is 10.2. The van der Waals surface area contributed by atoms with E-state index in [1.165, 1.54) is 13.3 Å². The predicted molar refractivity (Wildman–Crippen MR) is 71.7 cm³/mol. The zero-order valence-electron chi connectivity index (χ0n) is 11.0. The fourth-order valence-electron chi connectivity index (χ4n) is 1.41. The maximum Gasteiger partial charge on any atom is 0.339 e. The molecule has 1 aromatic rings. The number of nitrogens with zero attached hydrogens (tertiary/aromatic N) is 1. The fraction of sp³-hybridized carbons (Fsp3) is 0.538. The molecule has 0 amide bonds. The van der Waals surface area contributed by atoms with Gasteiger partial charge in [-0.2, -0.15) is 0 Å². The second kappa shape index (κ2) is 7.26. The van der Waals surface area contributed by atoms with E-state index < -0.39 is 16.8 Å². The Kier molecular flexibility index (Phi) is 5.98. The molecule has 0 fully saturated rings. The van der Waals surface area contributed by atoms with Gasteiger partial charge in [-0.15, -0.1) is 0 Å². The number of hydrogen-bond acceptors (Lipinski definition) is 4. The first-order valence-electron chi connectivity index (χ1n) is 5.95. The lowest BCUT2D eigenvalue weighted by molar-refractivity contribution is 0.0600. The zero-order chi connectivity index (χ0) is 13.5. The van der Waals surface area contributed by atoms with Crippen LogP contribution in [0.25, 0.3) is 0 Å². The summed E-state index contributed by atoms with van der Waals surface area (Å²) in [6, 6.07) is 3.37. The van der Waals surface area contributed by atoms with Crippen molar-refractivity contribution in [2.75, 3.05) is 12.9 Å². The molecule has 2 unspecified atom stereocenters. The molecule has 0 aliphatic carbocycles. The molecule has 0 radical (unpaired) electrons. The Morgan fingerprint density at radius 3 is 2.72 bits per heavy atom. The van der Waals surface area contributed by atoms with Gasteiger partial charge in [0.1, 0.15) is 0 Å². The van der Waals surface area contributed by atoms with Gasteiger partial charge in [0.25, 0.3) is 0 Å². The topological polar surface area (TPSA) is 56.3 Å². The third kappa shape index (κ3) is 4.56. The highest BCUT2D eigenvalue weighted by molar-refractivity contribution is 7.84. The molecule has 1 rings (SSSR count). The van der Waals surface area contributed by atoms with Gasteiger partial charge in [0.15, 0.2) is 0 Å². The van der Waals surface area contributed by atoms with E-state index in [9.17, 15) is 9.00 Å². The maximum atomic E-state index is 11.8. The van der Waals surface area contributed by atoms with Crippen molar-refractivity contribution in [3.63, 3.8) is 0 Å². The first kappa shape index (κ1) is 14.8. The van der Waals surface area contributed by atoms with Gasteiger partial charge in [-0.05, 0) is 18.1 Å². The van der Waals surface area contributed by atoms with E-state index in [-0.39, 0.29) is 0 Å². The summed E-state index contributed by atoms with van der Waals surface area (Å²) in [6.45, 7) is 4.18. The van der Waals surface area contributed by atoms with Crippen molar-refractivity contribution in [1.29, 1.82) is 0 Å². The summed E-state index contributed by atoms with van der Waals surface area (Å²) in [6.07, 6.45) is 2.49. The van der Waals surface area contributed by atoms with Gasteiger partial charge < -0.3 is 4.74 Å². The van der Waals surface area contributed by atoms with Crippen molar-refractivity contribution in [1.82, 2.24) is 4.98 Å². The molecule has 0 N–H and O–H groups in total. The number of carbonyl (C=O) groups is 1. The highest BCUT2D eigenvalue weighted by Gasteiger charge is 2.09. The first-order valence-corrected chi connectivity index (χ1v) is 7.43. The number of aromatic nitrogens is 1. The summed E-state index contributed by atoms with van der Waals surface area (Å²) >= 11 is 0. The van der Waals surface area contributed by atoms with Crippen molar-refractivity contribution < 1.29 is 13.7 Å². The summed E-state index contributed by atoms with van der Waals surface area (Å²) in [5.41, 5.74) is 1.15. The van der Waals surface area contributed by atoms with Gasteiger partial charge in [-0.3, -0.25) is 9.19 Å². The van der Waals surface area contributed by atoms with Crippen molar-refractivity contribution >= 4 is 16.8 Å². The molecule has 0 spiro atoms. The molecule has 5 heteroatoms. The summed E-state index contributed by atoms with van der Waals surface area (Å²) in [7, 11) is 0.432. The van der Waals surface area contributed by atoms with Crippen LogP contribution in [0.15, 0.2) is 18.3 Å². The highest BCUT2D eigenvalue weighted by atomic mass is 32.2. The summed E-state index contributed by atoms with van der Waals surface area (Å²) < 4.78 is 16.4. The monoisotopic (exact) mass is 269 g/mol. The minimum Gasteiger partial charge on any atom is -0.465 e. The zero-order valence-corrected chi connectivity index (χ0v) is 11.8. The van der Waals surface area contributed by atoms with Crippen LogP contribution in [0.1, 0.15) is 36.3 Å². The van der Waals surface area contributed by atoms with Crippen LogP contribution < -0.4 is 0 Å². The molecule has 0 saturated carbocycles. The lowest BCUT2D eigenvalue weighted by Crippen LogP contribution is -2.10. The maximum absolute atomic E-state index is 11.8.